The molecule has 0 unspecified atom stereocenters. The fourth-order valence-corrected chi connectivity index (χ4v) is 1.97. The smallest absolute Gasteiger partial charge is 0.102 e. The highest BCUT2D eigenvalue weighted by molar-refractivity contribution is 5.30. The first-order valence-electron chi connectivity index (χ1n) is 4.89. The topological polar surface area (TPSA) is 35.6 Å². The highest BCUT2D eigenvalue weighted by atomic mass is 15.3. The normalized spacial score (nSPS) is 14.6. The fourth-order valence-electron chi connectivity index (χ4n) is 1.97. The van der Waals surface area contributed by atoms with Crippen molar-refractivity contribution in [1.29, 1.82) is 0 Å². The van der Waals surface area contributed by atoms with E-state index in [1.165, 1.54) is 24.1 Å². The van der Waals surface area contributed by atoms with E-state index >= 15 is 0 Å². The molecular weight excluding hydrogens is 176 g/mol. The van der Waals surface area contributed by atoms with Crippen molar-refractivity contribution < 1.29 is 0 Å². The van der Waals surface area contributed by atoms with Crippen LogP contribution < -0.4 is 0 Å². The van der Waals surface area contributed by atoms with Gasteiger partial charge in [-0.2, -0.15) is 10.2 Å². The lowest BCUT2D eigenvalue weighted by Gasteiger charge is -1.95. The van der Waals surface area contributed by atoms with Crippen LogP contribution in [-0.4, -0.2) is 19.6 Å². The van der Waals surface area contributed by atoms with Gasteiger partial charge < -0.3 is 0 Å². The van der Waals surface area contributed by atoms with Crippen LogP contribution in [0.4, 0.5) is 0 Å². The summed E-state index contributed by atoms with van der Waals surface area (Å²) in [6, 6.07) is 0. The molecule has 1 aliphatic rings. The third-order valence-electron chi connectivity index (χ3n) is 2.69. The Kier molecular flexibility index (Phi) is 1.50. The maximum atomic E-state index is 4.54. The lowest BCUT2D eigenvalue weighted by atomic mass is 10.3. The molecule has 0 N–H and O–H groups in total. The first-order chi connectivity index (χ1) is 6.83. The number of aryl methyl sites for hydroxylation is 3. The van der Waals surface area contributed by atoms with Gasteiger partial charge in [-0.1, -0.05) is 0 Å². The lowest BCUT2D eigenvalue weighted by molar-refractivity contribution is 0.764. The van der Waals surface area contributed by atoms with E-state index in [4.69, 9.17) is 0 Å². The van der Waals surface area contributed by atoms with E-state index in [2.05, 4.69) is 16.4 Å². The summed E-state index contributed by atoms with van der Waals surface area (Å²) >= 11 is 0. The zero-order valence-corrected chi connectivity index (χ0v) is 8.14. The summed E-state index contributed by atoms with van der Waals surface area (Å²) in [6.07, 6.45) is 9.49. The van der Waals surface area contributed by atoms with E-state index in [1.807, 2.05) is 24.1 Å². The van der Waals surface area contributed by atoms with Crippen LogP contribution in [0.2, 0.25) is 0 Å². The van der Waals surface area contributed by atoms with Crippen LogP contribution in [-0.2, 0) is 19.9 Å². The molecule has 72 valence electrons. The first-order valence-corrected chi connectivity index (χ1v) is 4.89. The Balaban J connectivity index is 2.05. The standard InChI is InChI=1S/C10H12N4/c1-13-7-9(5-11-13)14-6-8-3-2-4-10(8)12-14/h5-7H,2-4H2,1H3. The van der Waals surface area contributed by atoms with Gasteiger partial charge >= 0.3 is 0 Å². The molecule has 0 saturated heterocycles. The highest BCUT2D eigenvalue weighted by Gasteiger charge is 2.15. The quantitative estimate of drug-likeness (QED) is 0.671. The van der Waals surface area contributed by atoms with Gasteiger partial charge in [0.15, 0.2) is 0 Å². The van der Waals surface area contributed by atoms with E-state index < -0.39 is 0 Å². The molecule has 0 bridgehead atoms. The van der Waals surface area contributed by atoms with Crippen molar-refractivity contribution in [1.82, 2.24) is 19.6 Å². The molecule has 2 heterocycles. The molecule has 14 heavy (non-hydrogen) atoms. The van der Waals surface area contributed by atoms with Crippen LogP contribution in [0.15, 0.2) is 18.6 Å². The molecule has 1 aliphatic carbocycles. The third-order valence-corrected chi connectivity index (χ3v) is 2.69. The van der Waals surface area contributed by atoms with Gasteiger partial charge in [0.1, 0.15) is 5.69 Å². The number of hydrogen-bond acceptors (Lipinski definition) is 2. The molecule has 2 aromatic rings. The number of nitrogens with zero attached hydrogens (tertiary/aromatic N) is 4. The highest BCUT2D eigenvalue weighted by Crippen LogP contribution is 2.21. The number of fused-ring (bicyclic) bond motifs is 1. The van der Waals surface area contributed by atoms with Crippen molar-refractivity contribution in [3.63, 3.8) is 0 Å². The second kappa shape index (κ2) is 2.70. The molecule has 4 heteroatoms. The van der Waals surface area contributed by atoms with Gasteiger partial charge in [-0.15, -0.1) is 0 Å². The van der Waals surface area contributed by atoms with Gasteiger partial charge in [0.25, 0.3) is 0 Å². The van der Waals surface area contributed by atoms with Gasteiger partial charge in [0.2, 0.25) is 0 Å². The summed E-state index contributed by atoms with van der Waals surface area (Å²) in [6.45, 7) is 0. The minimum Gasteiger partial charge on any atom is -0.274 e. The molecule has 0 radical (unpaired) electrons. The Morgan fingerprint density at radius 2 is 2.21 bits per heavy atom. The third kappa shape index (κ3) is 1.07. The van der Waals surface area contributed by atoms with Gasteiger partial charge in [-0.05, 0) is 24.8 Å². The summed E-state index contributed by atoms with van der Waals surface area (Å²) in [7, 11) is 1.92. The van der Waals surface area contributed by atoms with Crippen LogP contribution in [0.3, 0.4) is 0 Å². The molecule has 0 aliphatic heterocycles. The van der Waals surface area contributed by atoms with Crippen LogP contribution in [0.25, 0.3) is 5.69 Å². The van der Waals surface area contributed by atoms with Gasteiger partial charge in [0.05, 0.1) is 18.1 Å². The van der Waals surface area contributed by atoms with Gasteiger partial charge in [0, 0.05) is 13.2 Å². The van der Waals surface area contributed by atoms with E-state index in [0.717, 1.165) is 12.1 Å². The number of hydrogen-bond donors (Lipinski definition) is 0. The predicted molar refractivity (Wildman–Crippen MR) is 52.4 cm³/mol. The molecule has 0 amide bonds. The number of aromatic nitrogens is 4. The average Bonchev–Trinajstić information content (AvgIpc) is 2.75. The van der Waals surface area contributed by atoms with Crippen molar-refractivity contribution in [2.45, 2.75) is 19.3 Å². The monoisotopic (exact) mass is 188 g/mol. The second-order valence-corrected chi connectivity index (χ2v) is 3.77. The van der Waals surface area contributed by atoms with Crippen LogP contribution in [0, 0.1) is 0 Å². The summed E-state index contributed by atoms with van der Waals surface area (Å²) < 4.78 is 3.72. The minimum absolute atomic E-state index is 1.04. The first kappa shape index (κ1) is 7.79. The largest absolute Gasteiger partial charge is 0.274 e. The summed E-state index contributed by atoms with van der Waals surface area (Å²) in [5.74, 6) is 0. The average molecular weight is 188 g/mol. The maximum absolute atomic E-state index is 4.54. The van der Waals surface area contributed by atoms with Crippen LogP contribution >= 0.6 is 0 Å². The Labute approximate surface area is 82.2 Å². The molecule has 0 aromatic carbocycles. The maximum Gasteiger partial charge on any atom is 0.102 e. The molecule has 0 fully saturated rings. The summed E-state index contributed by atoms with van der Waals surface area (Å²) in [5, 5.41) is 8.67. The number of rotatable bonds is 1. The Morgan fingerprint density at radius 1 is 1.29 bits per heavy atom. The van der Waals surface area contributed by atoms with Crippen molar-refractivity contribution in [3.05, 3.63) is 29.8 Å². The van der Waals surface area contributed by atoms with E-state index in [-0.39, 0.29) is 0 Å². The zero-order chi connectivity index (χ0) is 9.54. The second-order valence-electron chi connectivity index (χ2n) is 3.77. The fraction of sp³-hybridized carbons (Fsp3) is 0.400. The molecule has 0 saturated carbocycles. The Morgan fingerprint density at radius 3 is 2.93 bits per heavy atom. The van der Waals surface area contributed by atoms with Gasteiger partial charge in [-0.25, -0.2) is 4.68 Å². The van der Waals surface area contributed by atoms with Crippen LogP contribution in [0.1, 0.15) is 17.7 Å². The SMILES string of the molecule is Cn1cc(-n2cc3c(n2)CCC3)cn1. The molecule has 0 atom stereocenters. The molecule has 0 spiro atoms. The van der Waals surface area contributed by atoms with E-state index in [0.29, 0.717) is 0 Å². The zero-order valence-electron chi connectivity index (χ0n) is 8.14. The molecule has 2 aromatic heterocycles. The van der Waals surface area contributed by atoms with E-state index in [1.54, 1.807) is 4.68 Å². The van der Waals surface area contributed by atoms with Gasteiger partial charge in [-0.3, -0.25) is 4.68 Å². The molecular formula is C10H12N4. The van der Waals surface area contributed by atoms with Crippen molar-refractivity contribution in [2.24, 2.45) is 7.05 Å². The summed E-state index contributed by atoms with van der Waals surface area (Å²) in [5.41, 5.74) is 3.70. The van der Waals surface area contributed by atoms with Crippen molar-refractivity contribution in [3.8, 4) is 5.69 Å². The predicted octanol–water partition coefficient (Wildman–Crippen LogP) is 1.09. The Bertz CT molecular complexity index is 445. The van der Waals surface area contributed by atoms with Crippen molar-refractivity contribution >= 4 is 0 Å². The minimum atomic E-state index is 1.04. The van der Waals surface area contributed by atoms with Crippen LogP contribution in [0.5, 0.6) is 0 Å². The lowest BCUT2D eigenvalue weighted by Crippen LogP contribution is -1.94. The summed E-state index contributed by atoms with van der Waals surface area (Å²) in [4.78, 5) is 0. The van der Waals surface area contributed by atoms with E-state index in [9.17, 15) is 0 Å². The van der Waals surface area contributed by atoms with Crippen molar-refractivity contribution in [2.75, 3.05) is 0 Å². The molecule has 4 nitrogen and oxygen atoms in total. The Hall–Kier alpha value is -1.58. The molecule has 3 rings (SSSR count).